The van der Waals surface area contributed by atoms with E-state index in [1.54, 1.807) is 11.3 Å². The van der Waals surface area contributed by atoms with Crippen LogP contribution in [0.3, 0.4) is 0 Å². The normalized spacial score (nSPS) is 14.9. The zero-order valence-electron chi connectivity index (χ0n) is 31.5. The van der Waals surface area contributed by atoms with Crippen molar-refractivity contribution in [1.29, 1.82) is 0 Å². The van der Waals surface area contributed by atoms with Crippen LogP contribution in [0.15, 0.2) is 156 Å². The number of fused-ring (bicyclic) bond motifs is 2. The number of aromatic nitrogens is 3. The van der Waals surface area contributed by atoms with Gasteiger partial charge in [-0.1, -0.05) is 68.1 Å². The van der Waals surface area contributed by atoms with Crippen LogP contribution in [0.4, 0.5) is 11.4 Å². The van der Waals surface area contributed by atoms with Crippen molar-refractivity contribution in [3.05, 3.63) is 163 Å². The average Bonchev–Trinajstić information content (AvgIpc) is 3.91. The van der Waals surface area contributed by atoms with E-state index in [2.05, 4.69) is 133 Å². The topological polar surface area (TPSA) is 64.8 Å². The first-order valence-corrected chi connectivity index (χ1v) is 20.3. The van der Waals surface area contributed by atoms with E-state index in [0.717, 1.165) is 92.6 Å². The van der Waals surface area contributed by atoms with Crippen LogP contribution in [0, 0.1) is 0 Å². The quantitative estimate of drug-likeness (QED) is 0.151. The minimum Gasteiger partial charge on any atom is -0.436 e. The summed E-state index contributed by atoms with van der Waals surface area (Å²) in [6.07, 6.45) is 3.80. The standard InChI is InChI=1S/C24H23N3O.C23H22N4S.CH4/c1-2-6-19(7-3-1)18-26-14-16-27(17-15-26)21-12-10-20(11-13-21)24-25-22-8-4-5-9-23(22)28-24;1-2-6-22-21(5-1)25-23(28-22)19-7-9-20(10-8-19)27-14-12-26(13-15-27)17-18-4-3-11-24-16-18;/h1-13H,14-18H2;1-11,16H,12-15,17H2;1H4. The summed E-state index contributed by atoms with van der Waals surface area (Å²) in [6.45, 7) is 10.6. The third kappa shape index (κ3) is 9.24. The number of anilines is 2. The molecule has 0 atom stereocenters. The van der Waals surface area contributed by atoms with Crippen LogP contribution in [0.5, 0.6) is 0 Å². The SMILES string of the molecule is C.c1ccc(CN2CCN(c3ccc(-c4nc5ccccc5o4)cc3)CC2)cc1.c1cncc(CN2CCN(c3ccc(-c4nc5ccccc5s4)cc3)CC2)c1. The third-order valence-corrected chi connectivity index (χ3v) is 11.8. The van der Waals surface area contributed by atoms with Gasteiger partial charge in [0.1, 0.15) is 10.5 Å². The molecule has 0 unspecified atom stereocenters. The van der Waals surface area contributed by atoms with Crippen molar-refractivity contribution in [2.24, 2.45) is 0 Å². The van der Waals surface area contributed by atoms with Gasteiger partial charge in [-0.2, -0.15) is 0 Å². The van der Waals surface area contributed by atoms with Gasteiger partial charge in [-0.3, -0.25) is 14.8 Å². The zero-order valence-corrected chi connectivity index (χ0v) is 32.3. The lowest BCUT2D eigenvalue weighted by molar-refractivity contribution is 0.249. The maximum absolute atomic E-state index is 5.88. The molecule has 0 saturated carbocycles. The Morgan fingerprint density at radius 1 is 0.509 bits per heavy atom. The van der Waals surface area contributed by atoms with Crippen molar-refractivity contribution >= 4 is 44.0 Å². The first-order chi connectivity index (χ1) is 27.7. The van der Waals surface area contributed by atoms with E-state index in [1.165, 1.54) is 32.8 Å². The molecule has 5 heterocycles. The number of hydrogen-bond acceptors (Lipinski definition) is 9. The van der Waals surface area contributed by atoms with Gasteiger partial charge in [0, 0.05) is 100 Å². The Hall–Kier alpha value is -5.87. The van der Waals surface area contributed by atoms with Gasteiger partial charge in [-0.15, -0.1) is 11.3 Å². The fourth-order valence-corrected chi connectivity index (χ4v) is 8.51. The van der Waals surface area contributed by atoms with Gasteiger partial charge in [-0.05, 0) is 90.0 Å². The Bertz CT molecular complexity index is 2210. The van der Waals surface area contributed by atoms with Crippen molar-refractivity contribution in [1.82, 2.24) is 24.8 Å². The van der Waals surface area contributed by atoms with Crippen LogP contribution >= 0.6 is 11.3 Å². The number of hydrogen-bond donors (Lipinski definition) is 0. The van der Waals surface area contributed by atoms with Gasteiger partial charge in [0.15, 0.2) is 5.58 Å². The van der Waals surface area contributed by atoms with Crippen molar-refractivity contribution in [3.8, 4) is 22.0 Å². The molecule has 8 nitrogen and oxygen atoms in total. The molecule has 0 N–H and O–H groups in total. The predicted octanol–water partition coefficient (Wildman–Crippen LogP) is 10.1. The molecule has 5 aromatic carbocycles. The summed E-state index contributed by atoms with van der Waals surface area (Å²) >= 11 is 1.76. The molecule has 2 aliphatic heterocycles. The van der Waals surface area contributed by atoms with E-state index in [-0.39, 0.29) is 7.43 Å². The summed E-state index contributed by atoms with van der Waals surface area (Å²) in [5.41, 5.74) is 10.3. The third-order valence-electron chi connectivity index (χ3n) is 10.7. The first-order valence-electron chi connectivity index (χ1n) is 19.5. The molecular weight excluding hydrogens is 723 g/mol. The van der Waals surface area contributed by atoms with Crippen LogP contribution in [0.25, 0.3) is 43.3 Å². The van der Waals surface area contributed by atoms with Gasteiger partial charge < -0.3 is 14.2 Å². The molecule has 2 saturated heterocycles. The van der Waals surface area contributed by atoms with Crippen molar-refractivity contribution in [2.75, 3.05) is 62.2 Å². The van der Waals surface area contributed by atoms with Crippen molar-refractivity contribution in [3.63, 3.8) is 0 Å². The predicted molar refractivity (Wildman–Crippen MR) is 237 cm³/mol. The molecule has 8 aromatic rings. The number of pyridine rings is 1. The summed E-state index contributed by atoms with van der Waals surface area (Å²) < 4.78 is 7.12. The second-order valence-corrected chi connectivity index (χ2v) is 15.5. The minimum atomic E-state index is 0. The molecule has 0 aliphatic carbocycles. The molecular formula is C48H49N7OS. The fourth-order valence-electron chi connectivity index (χ4n) is 7.54. The van der Waals surface area contributed by atoms with E-state index in [9.17, 15) is 0 Å². The number of benzene rings is 5. The Labute approximate surface area is 339 Å². The van der Waals surface area contributed by atoms with E-state index < -0.39 is 0 Å². The highest BCUT2D eigenvalue weighted by Crippen LogP contribution is 2.32. The average molecular weight is 772 g/mol. The van der Waals surface area contributed by atoms with Crippen LogP contribution in [0.2, 0.25) is 0 Å². The molecule has 288 valence electrons. The lowest BCUT2D eigenvalue weighted by Gasteiger charge is -2.36. The van der Waals surface area contributed by atoms with Gasteiger partial charge in [0.25, 0.3) is 0 Å². The van der Waals surface area contributed by atoms with Crippen LogP contribution in [-0.4, -0.2) is 77.1 Å². The Kier molecular flexibility index (Phi) is 12.0. The van der Waals surface area contributed by atoms with Crippen LogP contribution in [0.1, 0.15) is 18.6 Å². The Balaban J connectivity index is 0.000000157. The Morgan fingerprint density at radius 2 is 1.07 bits per heavy atom. The van der Waals surface area contributed by atoms with E-state index in [4.69, 9.17) is 9.40 Å². The second kappa shape index (κ2) is 17.9. The largest absolute Gasteiger partial charge is 0.436 e. The number of rotatable bonds is 8. The highest BCUT2D eigenvalue weighted by molar-refractivity contribution is 7.21. The molecule has 0 bridgehead atoms. The van der Waals surface area contributed by atoms with Crippen molar-refractivity contribution in [2.45, 2.75) is 20.5 Å². The first kappa shape index (κ1) is 38.0. The number of para-hydroxylation sites is 3. The maximum atomic E-state index is 5.88. The van der Waals surface area contributed by atoms with Crippen molar-refractivity contribution < 1.29 is 4.42 Å². The summed E-state index contributed by atoms with van der Waals surface area (Å²) in [5, 5.41) is 1.09. The zero-order chi connectivity index (χ0) is 37.5. The number of piperazine rings is 2. The molecule has 0 spiro atoms. The molecule has 2 aliphatic rings. The van der Waals surface area contributed by atoms with E-state index in [1.807, 2.05) is 48.8 Å². The number of nitrogens with zero attached hydrogens (tertiary/aromatic N) is 7. The minimum absolute atomic E-state index is 0. The van der Waals surface area contributed by atoms with Crippen LogP contribution in [-0.2, 0) is 13.1 Å². The molecule has 10 rings (SSSR count). The number of thiazole rings is 1. The van der Waals surface area contributed by atoms with E-state index in [0.29, 0.717) is 5.89 Å². The molecule has 2 fully saturated rings. The monoisotopic (exact) mass is 771 g/mol. The maximum Gasteiger partial charge on any atom is 0.227 e. The lowest BCUT2D eigenvalue weighted by atomic mass is 10.1. The lowest BCUT2D eigenvalue weighted by Crippen LogP contribution is -2.45. The number of oxazole rings is 1. The van der Waals surface area contributed by atoms with E-state index >= 15 is 0 Å². The second-order valence-electron chi connectivity index (χ2n) is 14.4. The molecule has 3 aromatic heterocycles. The summed E-state index contributed by atoms with van der Waals surface area (Å²) in [5.74, 6) is 0.681. The molecule has 0 amide bonds. The smallest absolute Gasteiger partial charge is 0.227 e. The van der Waals surface area contributed by atoms with Gasteiger partial charge in [-0.25, -0.2) is 9.97 Å². The molecule has 0 radical (unpaired) electrons. The summed E-state index contributed by atoms with van der Waals surface area (Å²) in [4.78, 5) is 23.5. The Morgan fingerprint density at radius 3 is 1.68 bits per heavy atom. The summed E-state index contributed by atoms with van der Waals surface area (Å²) in [7, 11) is 0. The summed E-state index contributed by atoms with van der Waals surface area (Å²) in [6, 6.07) is 48.5. The highest BCUT2D eigenvalue weighted by atomic mass is 32.1. The molecule has 57 heavy (non-hydrogen) atoms. The van der Waals surface area contributed by atoms with Gasteiger partial charge in [0.2, 0.25) is 5.89 Å². The van der Waals surface area contributed by atoms with Crippen LogP contribution < -0.4 is 9.80 Å². The molecule has 9 heteroatoms. The van der Waals surface area contributed by atoms with Gasteiger partial charge >= 0.3 is 0 Å². The van der Waals surface area contributed by atoms with Gasteiger partial charge in [0.05, 0.1) is 10.2 Å². The fraction of sp³-hybridized carbons (Fsp3) is 0.229. The highest BCUT2D eigenvalue weighted by Gasteiger charge is 2.19.